The first-order valence-electron chi connectivity index (χ1n) is 9.62. The number of rotatable bonds is 10. The molecule has 0 saturated carbocycles. The van der Waals surface area contributed by atoms with Gasteiger partial charge >= 0.3 is 0 Å². The molecule has 2 heterocycles. The summed E-state index contributed by atoms with van der Waals surface area (Å²) in [5, 5.41) is 3.70. The van der Waals surface area contributed by atoms with Crippen LogP contribution in [0, 0.1) is 13.8 Å². The Morgan fingerprint density at radius 3 is 2.63 bits per heavy atom. The van der Waals surface area contributed by atoms with Crippen molar-refractivity contribution in [3.8, 4) is 5.75 Å². The van der Waals surface area contributed by atoms with Gasteiger partial charge in [-0.1, -0.05) is 17.3 Å². The molecule has 0 amide bonds. The third-order valence-electron chi connectivity index (χ3n) is 4.52. The number of furan rings is 1. The number of nitrogens with one attached hydrogen (secondary N) is 1. The van der Waals surface area contributed by atoms with E-state index in [1.807, 2.05) is 44.3 Å². The molecule has 0 aliphatic carbocycles. The molecule has 0 aliphatic rings. The zero-order valence-electron chi connectivity index (χ0n) is 17.6. The van der Waals surface area contributed by atoms with Crippen LogP contribution in [-0.4, -0.2) is 38.2 Å². The molecule has 0 spiro atoms. The van der Waals surface area contributed by atoms with Crippen LogP contribution >= 0.6 is 0 Å². The van der Waals surface area contributed by atoms with Crippen LogP contribution in [0.1, 0.15) is 29.5 Å². The van der Waals surface area contributed by atoms with Gasteiger partial charge in [-0.2, -0.15) is 0 Å². The minimum atomic E-state index is -3.72. The van der Waals surface area contributed by atoms with Gasteiger partial charge in [0.15, 0.2) is 5.76 Å². The summed E-state index contributed by atoms with van der Waals surface area (Å²) in [6, 6.07) is 9.73. The fourth-order valence-corrected chi connectivity index (χ4v) is 4.65. The summed E-state index contributed by atoms with van der Waals surface area (Å²) in [6.07, 6.45) is 3.04. The Balaban J connectivity index is 1.55. The molecule has 3 aromatic rings. The molecular formula is C21H27N3O5S. The van der Waals surface area contributed by atoms with E-state index in [1.54, 1.807) is 26.4 Å². The van der Waals surface area contributed by atoms with Crippen molar-refractivity contribution in [1.82, 2.24) is 14.8 Å². The van der Waals surface area contributed by atoms with Crippen molar-refractivity contribution in [2.45, 2.75) is 44.9 Å². The molecule has 9 heteroatoms. The summed E-state index contributed by atoms with van der Waals surface area (Å²) in [5.41, 5.74) is 2.55. The maximum absolute atomic E-state index is 12.5. The average molecular weight is 434 g/mol. The smallest absolute Gasteiger partial charge is 0.246 e. The van der Waals surface area contributed by atoms with Gasteiger partial charge in [-0.05, 0) is 51.6 Å². The van der Waals surface area contributed by atoms with Crippen LogP contribution in [0.15, 0.2) is 56.7 Å². The third kappa shape index (κ3) is 5.71. The van der Waals surface area contributed by atoms with Crippen LogP contribution in [0.2, 0.25) is 0 Å². The predicted octanol–water partition coefficient (Wildman–Crippen LogP) is 3.26. The van der Waals surface area contributed by atoms with Gasteiger partial charge < -0.3 is 13.7 Å². The quantitative estimate of drug-likeness (QED) is 0.524. The Hall–Kier alpha value is -2.62. The molecule has 0 radical (unpaired) electrons. The largest absolute Gasteiger partial charge is 0.489 e. The molecule has 0 fully saturated rings. The summed E-state index contributed by atoms with van der Waals surface area (Å²) in [4.78, 5) is 2.25. The van der Waals surface area contributed by atoms with Gasteiger partial charge in [0, 0.05) is 25.2 Å². The van der Waals surface area contributed by atoms with Crippen molar-refractivity contribution in [2.24, 2.45) is 0 Å². The monoisotopic (exact) mass is 433 g/mol. The number of aromatic nitrogens is 1. The minimum Gasteiger partial charge on any atom is -0.489 e. The van der Waals surface area contributed by atoms with E-state index in [1.165, 1.54) is 0 Å². The van der Waals surface area contributed by atoms with Gasteiger partial charge in [0.2, 0.25) is 10.0 Å². The molecule has 8 nitrogen and oxygen atoms in total. The Morgan fingerprint density at radius 2 is 1.97 bits per heavy atom. The standard InChI is InChI=1S/C21H27N3O5S/c1-15(11-22-30(25,26)21-16(2)23-29-17(21)3)28-20-7-5-6-18(10-20)12-24(4)13-19-8-9-27-14-19/h5-10,14-15,22H,11-13H2,1-4H3. The first-order valence-corrected chi connectivity index (χ1v) is 11.1. The summed E-state index contributed by atoms with van der Waals surface area (Å²) >= 11 is 0. The highest BCUT2D eigenvalue weighted by Gasteiger charge is 2.24. The molecule has 1 N–H and O–H groups in total. The lowest BCUT2D eigenvalue weighted by Gasteiger charge is -2.18. The van der Waals surface area contributed by atoms with E-state index in [-0.39, 0.29) is 23.3 Å². The van der Waals surface area contributed by atoms with Crippen molar-refractivity contribution in [3.05, 3.63) is 65.4 Å². The Bertz CT molecular complexity index is 1040. The molecule has 1 atom stereocenters. The van der Waals surface area contributed by atoms with Gasteiger partial charge in [-0.3, -0.25) is 4.90 Å². The van der Waals surface area contributed by atoms with Crippen LogP contribution in [0.5, 0.6) is 5.75 Å². The normalized spacial score (nSPS) is 13.0. The molecule has 30 heavy (non-hydrogen) atoms. The van der Waals surface area contributed by atoms with E-state index in [0.717, 1.165) is 24.2 Å². The fourth-order valence-electron chi connectivity index (χ4n) is 3.21. The minimum absolute atomic E-state index is 0.0809. The molecule has 2 aromatic heterocycles. The summed E-state index contributed by atoms with van der Waals surface area (Å²) < 4.78 is 43.6. The van der Waals surface area contributed by atoms with E-state index in [4.69, 9.17) is 13.7 Å². The second-order valence-corrected chi connectivity index (χ2v) is 9.09. The van der Waals surface area contributed by atoms with E-state index < -0.39 is 10.0 Å². The lowest BCUT2D eigenvalue weighted by molar-refractivity contribution is 0.224. The topological polar surface area (TPSA) is 97.8 Å². The first kappa shape index (κ1) is 22.1. The lowest BCUT2D eigenvalue weighted by atomic mass is 10.2. The van der Waals surface area contributed by atoms with Crippen molar-refractivity contribution in [1.29, 1.82) is 0 Å². The zero-order valence-corrected chi connectivity index (χ0v) is 18.4. The molecule has 0 saturated heterocycles. The lowest BCUT2D eigenvalue weighted by Crippen LogP contribution is -2.34. The molecule has 0 bridgehead atoms. The molecule has 1 unspecified atom stereocenters. The second-order valence-electron chi connectivity index (χ2n) is 7.38. The summed E-state index contributed by atoms with van der Waals surface area (Å²) in [5.74, 6) is 0.953. The van der Waals surface area contributed by atoms with Gasteiger partial charge in [-0.15, -0.1) is 0 Å². The van der Waals surface area contributed by atoms with E-state index in [9.17, 15) is 8.42 Å². The first-order chi connectivity index (χ1) is 14.2. The number of sulfonamides is 1. The van der Waals surface area contributed by atoms with Crippen LogP contribution in [0.3, 0.4) is 0 Å². The van der Waals surface area contributed by atoms with E-state index >= 15 is 0 Å². The highest BCUT2D eigenvalue weighted by Crippen LogP contribution is 2.20. The van der Waals surface area contributed by atoms with E-state index in [0.29, 0.717) is 11.4 Å². The predicted molar refractivity (Wildman–Crippen MR) is 112 cm³/mol. The van der Waals surface area contributed by atoms with Crippen LogP contribution in [-0.2, 0) is 23.1 Å². The molecule has 1 aromatic carbocycles. The summed E-state index contributed by atoms with van der Waals surface area (Å²) in [7, 11) is -1.68. The number of ether oxygens (including phenoxy) is 1. The second kappa shape index (κ2) is 9.46. The van der Waals surface area contributed by atoms with Gasteiger partial charge in [0.05, 0.1) is 12.5 Å². The Labute approximate surface area is 176 Å². The Kier molecular flexibility index (Phi) is 6.96. The molecule has 0 aliphatic heterocycles. The van der Waals surface area contributed by atoms with Crippen LogP contribution in [0.25, 0.3) is 0 Å². The number of hydrogen-bond donors (Lipinski definition) is 1. The average Bonchev–Trinajstić information content (AvgIpc) is 3.30. The number of benzene rings is 1. The number of aryl methyl sites for hydroxylation is 2. The maximum Gasteiger partial charge on any atom is 0.246 e. The van der Waals surface area contributed by atoms with Gasteiger partial charge in [0.25, 0.3) is 0 Å². The van der Waals surface area contributed by atoms with Crippen molar-refractivity contribution in [2.75, 3.05) is 13.6 Å². The number of nitrogens with zero attached hydrogens (tertiary/aromatic N) is 2. The highest BCUT2D eigenvalue weighted by molar-refractivity contribution is 7.89. The zero-order chi connectivity index (χ0) is 21.7. The Morgan fingerprint density at radius 1 is 1.20 bits per heavy atom. The SMILES string of the molecule is Cc1noc(C)c1S(=O)(=O)NCC(C)Oc1cccc(CN(C)Cc2ccoc2)c1. The molecular weight excluding hydrogens is 406 g/mol. The van der Waals surface area contributed by atoms with Crippen LogP contribution in [0.4, 0.5) is 0 Å². The van der Waals surface area contributed by atoms with Crippen LogP contribution < -0.4 is 9.46 Å². The molecule has 162 valence electrons. The maximum atomic E-state index is 12.5. The molecule has 3 rings (SSSR count). The van der Waals surface area contributed by atoms with E-state index in [2.05, 4.69) is 14.8 Å². The van der Waals surface area contributed by atoms with Crippen molar-refractivity contribution in [3.63, 3.8) is 0 Å². The van der Waals surface area contributed by atoms with Gasteiger partial charge in [0.1, 0.15) is 22.4 Å². The third-order valence-corrected chi connectivity index (χ3v) is 6.19. The van der Waals surface area contributed by atoms with Crippen molar-refractivity contribution >= 4 is 10.0 Å². The summed E-state index contributed by atoms with van der Waals surface area (Å²) in [6.45, 7) is 6.63. The van der Waals surface area contributed by atoms with Gasteiger partial charge in [-0.25, -0.2) is 13.1 Å². The highest BCUT2D eigenvalue weighted by atomic mass is 32.2. The van der Waals surface area contributed by atoms with Crippen molar-refractivity contribution < 1.29 is 22.1 Å². The fraction of sp³-hybridized carbons (Fsp3) is 0.381. The number of hydrogen-bond acceptors (Lipinski definition) is 7.